The van der Waals surface area contributed by atoms with E-state index in [1.165, 1.54) is 24.6 Å². The molecule has 0 N–H and O–H groups in total. The molecule has 2 saturated heterocycles. The Labute approximate surface area is 157 Å². The normalized spacial score (nSPS) is 19.9. The topological polar surface area (TPSA) is 36.4 Å². The quantitative estimate of drug-likeness (QED) is 0.826. The van der Waals surface area contributed by atoms with Gasteiger partial charge in [-0.25, -0.2) is 4.98 Å². The number of aromatic nitrogens is 1. The zero-order valence-corrected chi connectivity index (χ0v) is 15.9. The summed E-state index contributed by atoms with van der Waals surface area (Å²) in [5, 5.41) is 2.97. The molecule has 0 radical (unpaired) electrons. The van der Waals surface area contributed by atoms with Gasteiger partial charge in [0.25, 0.3) is 5.91 Å². The second-order valence-corrected chi connectivity index (χ2v) is 8.71. The molecule has 3 heterocycles. The highest BCUT2D eigenvalue weighted by Crippen LogP contribution is 2.24. The maximum atomic E-state index is 12.8. The van der Waals surface area contributed by atoms with Gasteiger partial charge in [0.2, 0.25) is 0 Å². The van der Waals surface area contributed by atoms with E-state index in [0.717, 1.165) is 42.1 Å². The van der Waals surface area contributed by atoms with E-state index in [1.54, 1.807) is 11.3 Å². The van der Waals surface area contributed by atoms with Crippen LogP contribution in [0.3, 0.4) is 0 Å². The van der Waals surface area contributed by atoms with Crippen LogP contribution in [0.4, 0.5) is 0 Å². The Morgan fingerprint density at radius 2 is 1.76 bits per heavy atom. The lowest BCUT2D eigenvalue weighted by Crippen LogP contribution is -2.49. The summed E-state index contributed by atoms with van der Waals surface area (Å²) in [5.74, 6) is 2.67. The average Bonchev–Trinajstić information content (AvgIpc) is 3.23. The largest absolute Gasteiger partial charge is 0.339 e. The number of hydrogen-bond acceptors (Lipinski definition) is 5. The summed E-state index contributed by atoms with van der Waals surface area (Å²) in [6.07, 6.45) is 4.02. The van der Waals surface area contributed by atoms with Crippen molar-refractivity contribution in [2.75, 3.05) is 37.7 Å². The monoisotopic (exact) mass is 373 g/mol. The highest BCUT2D eigenvalue weighted by Gasteiger charge is 2.28. The molecular weight excluding hydrogens is 350 g/mol. The second-order valence-electron chi connectivity index (χ2n) is 6.59. The summed E-state index contributed by atoms with van der Waals surface area (Å²) in [6.45, 7) is 4.17. The van der Waals surface area contributed by atoms with Crippen LogP contribution in [0.5, 0.6) is 0 Å². The molecule has 1 aromatic carbocycles. The molecule has 1 amide bonds. The van der Waals surface area contributed by atoms with Crippen LogP contribution in [0.1, 0.15) is 23.2 Å². The van der Waals surface area contributed by atoms with Crippen molar-refractivity contribution in [3.63, 3.8) is 0 Å². The minimum Gasteiger partial charge on any atom is -0.339 e. The Hall–Kier alpha value is -1.37. The fourth-order valence-corrected chi connectivity index (χ4v) is 5.26. The number of thiazole rings is 1. The molecule has 132 valence electrons. The van der Waals surface area contributed by atoms with Crippen LogP contribution >= 0.6 is 23.1 Å². The highest BCUT2D eigenvalue weighted by atomic mass is 32.2. The first kappa shape index (κ1) is 17.1. The van der Waals surface area contributed by atoms with Crippen molar-refractivity contribution in [3.8, 4) is 10.6 Å². The van der Waals surface area contributed by atoms with Gasteiger partial charge in [-0.15, -0.1) is 11.3 Å². The van der Waals surface area contributed by atoms with Gasteiger partial charge in [-0.05, 0) is 25.0 Å². The molecule has 0 aliphatic carbocycles. The third-order valence-corrected chi connectivity index (χ3v) is 6.89. The summed E-state index contributed by atoms with van der Waals surface area (Å²) in [5.41, 5.74) is 1.86. The summed E-state index contributed by atoms with van der Waals surface area (Å²) in [4.78, 5) is 21.7. The molecule has 4 rings (SSSR count). The number of nitrogens with zero attached hydrogens (tertiary/aromatic N) is 3. The number of amides is 1. The van der Waals surface area contributed by atoms with E-state index in [0.29, 0.717) is 6.04 Å². The molecule has 25 heavy (non-hydrogen) atoms. The van der Waals surface area contributed by atoms with Crippen LogP contribution in [-0.4, -0.2) is 64.4 Å². The molecule has 0 bridgehead atoms. The Morgan fingerprint density at radius 3 is 2.40 bits per heavy atom. The Morgan fingerprint density at radius 1 is 1.04 bits per heavy atom. The van der Waals surface area contributed by atoms with E-state index >= 15 is 0 Å². The van der Waals surface area contributed by atoms with Crippen molar-refractivity contribution < 1.29 is 4.79 Å². The van der Waals surface area contributed by atoms with Gasteiger partial charge in [-0.3, -0.25) is 9.69 Å². The minimum atomic E-state index is 0.165. The van der Waals surface area contributed by atoms with E-state index in [-0.39, 0.29) is 5.91 Å². The van der Waals surface area contributed by atoms with Crippen molar-refractivity contribution >= 4 is 29.0 Å². The van der Waals surface area contributed by atoms with Crippen molar-refractivity contribution in [3.05, 3.63) is 41.4 Å². The van der Waals surface area contributed by atoms with Gasteiger partial charge in [0.05, 0.1) is 0 Å². The molecule has 0 atom stereocenters. The van der Waals surface area contributed by atoms with E-state index in [2.05, 4.69) is 21.6 Å². The van der Waals surface area contributed by atoms with E-state index < -0.39 is 0 Å². The fourth-order valence-electron chi connectivity index (χ4n) is 3.68. The first-order valence-electron chi connectivity index (χ1n) is 8.92. The number of thioether (sulfide) groups is 1. The van der Waals surface area contributed by atoms with Crippen molar-refractivity contribution in [1.82, 2.24) is 14.8 Å². The first-order chi connectivity index (χ1) is 12.3. The number of likely N-dealkylation sites (tertiary alicyclic amines) is 1. The van der Waals surface area contributed by atoms with Crippen LogP contribution in [0.2, 0.25) is 0 Å². The zero-order valence-electron chi connectivity index (χ0n) is 14.3. The van der Waals surface area contributed by atoms with Crippen LogP contribution in [0.25, 0.3) is 10.6 Å². The van der Waals surface area contributed by atoms with Crippen LogP contribution in [0, 0.1) is 0 Å². The summed E-state index contributed by atoms with van der Waals surface area (Å²) in [6, 6.07) is 8.55. The van der Waals surface area contributed by atoms with Gasteiger partial charge in [0, 0.05) is 66.4 Å². The molecule has 0 spiro atoms. The second kappa shape index (κ2) is 7.89. The van der Waals surface area contributed by atoms with Crippen LogP contribution in [0.15, 0.2) is 35.8 Å². The minimum absolute atomic E-state index is 0.165. The van der Waals surface area contributed by atoms with Gasteiger partial charge in [0.1, 0.15) is 5.01 Å². The van der Waals surface area contributed by atoms with Crippen LogP contribution < -0.4 is 0 Å². The first-order valence-corrected chi connectivity index (χ1v) is 11.0. The molecule has 0 saturated carbocycles. The Bertz CT molecular complexity index is 688. The third kappa shape index (κ3) is 3.91. The number of carbonyl (C=O) groups is 1. The smallest absolute Gasteiger partial charge is 0.253 e. The third-order valence-electron chi connectivity index (χ3n) is 5.12. The van der Waals surface area contributed by atoms with Gasteiger partial charge in [-0.1, -0.05) is 12.1 Å². The number of hydrogen-bond donors (Lipinski definition) is 0. The number of benzene rings is 1. The average molecular weight is 374 g/mol. The summed E-state index contributed by atoms with van der Waals surface area (Å²) >= 11 is 3.67. The van der Waals surface area contributed by atoms with Crippen molar-refractivity contribution in [1.29, 1.82) is 0 Å². The molecular formula is C19H23N3OS2. The number of piperidine rings is 1. The summed E-state index contributed by atoms with van der Waals surface area (Å²) < 4.78 is 0. The molecule has 1 aromatic heterocycles. The van der Waals surface area contributed by atoms with E-state index in [1.807, 2.05) is 40.7 Å². The lowest BCUT2D eigenvalue weighted by molar-refractivity contribution is 0.0631. The highest BCUT2D eigenvalue weighted by molar-refractivity contribution is 7.99. The molecule has 2 aliphatic rings. The van der Waals surface area contributed by atoms with Crippen molar-refractivity contribution in [2.45, 2.75) is 18.9 Å². The Balaban J connectivity index is 1.35. The van der Waals surface area contributed by atoms with Crippen LogP contribution in [-0.2, 0) is 0 Å². The lowest BCUT2D eigenvalue weighted by Gasteiger charge is -2.40. The predicted molar refractivity (Wildman–Crippen MR) is 105 cm³/mol. The molecule has 2 aromatic rings. The molecule has 4 nitrogen and oxygen atoms in total. The van der Waals surface area contributed by atoms with Crippen molar-refractivity contribution in [2.24, 2.45) is 0 Å². The van der Waals surface area contributed by atoms with E-state index in [4.69, 9.17) is 0 Å². The van der Waals surface area contributed by atoms with Gasteiger partial charge in [0.15, 0.2) is 0 Å². The molecule has 2 fully saturated rings. The Kier molecular flexibility index (Phi) is 5.39. The zero-order chi connectivity index (χ0) is 17.1. The number of rotatable bonds is 3. The predicted octanol–water partition coefficient (Wildman–Crippen LogP) is 3.46. The molecule has 2 aliphatic heterocycles. The standard InChI is InChI=1S/C19H23N3OS2/c23-19(16-3-1-15(2-4-16)18-20-7-12-25-18)22-8-5-17(6-9-22)21-10-13-24-14-11-21/h1-4,7,12,17H,5-6,8-11,13-14H2. The SMILES string of the molecule is O=C(c1ccc(-c2nccs2)cc1)N1CCC(N2CCSCC2)CC1. The van der Waals surface area contributed by atoms with Gasteiger partial charge in [-0.2, -0.15) is 11.8 Å². The van der Waals surface area contributed by atoms with Gasteiger partial charge >= 0.3 is 0 Å². The maximum Gasteiger partial charge on any atom is 0.253 e. The van der Waals surface area contributed by atoms with E-state index in [9.17, 15) is 4.79 Å². The summed E-state index contributed by atoms with van der Waals surface area (Å²) in [7, 11) is 0. The lowest BCUT2D eigenvalue weighted by atomic mass is 10.0. The fraction of sp³-hybridized carbons (Fsp3) is 0.474. The molecule has 6 heteroatoms. The van der Waals surface area contributed by atoms with Gasteiger partial charge < -0.3 is 4.90 Å². The number of carbonyl (C=O) groups excluding carboxylic acids is 1. The maximum absolute atomic E-state index is 12.8. The molecule has 0 unspecified atom stereocenters.